The fraction of sp³-hybridized carbons (Fsp3) is 0.667. The van der Waals surface area contributed by atoms with Gasteiger partial charge in [-0.2, -0.15) is 0 Å². The fourth-order valence-corrected chi connectivity index (χ4v) is 3.55. The summed E-state index contributed by atoms with van der Waals surface area (Å²) in [6.45, 7) is 0. The van der Waals surface area contributed by atoms with Gasteiger partial charge in [-0.25, -0.2) is 4.72 Å². The lowest BCUT2D eigenvalue weighted by molar-refractivity contribution is -0.139. The zero-order chi connectivity index (χ0) is 12.6. The van der Waals surface area contributed by atoms with Crippen molar-refractivity contribution in [3.05, 3.63) is 0 Å². The molecule has 5 N–H and O–H groups in total. The van der Waals surface area contributed by atoms with E-state index in [-0.39, 0.29) is 11.5 Å². The minimum Gasteiger partial charge on any atom is -0.480 e. The molecule has 0 aliphatic heterocycles. The summed E-state index contributed by atoms with van der Waals surface area (Å²) in [6, 6.07) is -1.68. The molecule has 0 aromatic heterocycles. The van der Waals surface area contributed by atoms with E-state index in [0.29, 0.717) is 0 Å². The molecule has 0 aliphatic carbocycles. The molecule has 93 valence electrons. The minimum absolute atomic E-state index is 0.230. The van der Waals surface area contributed by atoms with Crippen molar-refractivity contribution in [3.8, 4) is 0 Å². The molecule has 0 rings (SSSR count). The van der Waals surface area contributed by atoms with Crippen LogP contribution in [0.5, 0.6) is 0 Å². The summed E-state index contributed by atoms with van der Waals surface area (Å²) in [4.78, 5) is 21.0. The molecule has 0 heterocycles. The lowest BCUT2D eigenvalue weighted by Gasteiger charge is -2.11. The van der Waals surface area contributed by atoms with Gasteiger partial charge >= 0.3 is 11.9 Å². The molecule has 0 aliphatic rings. The maximum Gasteiger partial charge on any atom is 0.322 e. The number of carboxylic acids is 2. The fourth-order valence-electron chi connectivity index (χ4n) is 0.523. The highest BCUT2D eigenvalue weighted by molar-refractivity contribution is 8.76. The maximum absolute atomic E-state index is 10.7. The van der Waals surface area contributed by atoms with Crippen LogP contribution in [0.3, 0.4) is 0 Å². The van der Waals surface area contributed by atoms with E-state index in [1.54, 1.807) is 0 Å². The Labute approximate surface area is 110 Å². The van der Waals surface area contributed by atoms with E-state index in [2.05, 4.69) is 16.4 Å². The largest absolute Gasteiger partial charge is 0.480 e. The highest BCUT2D eigenvalue weighted by Crippen LogP contribution is 2.23. The third-order valence-corrected chi connectivity index (χ3v) is 4.49. The van der Waals surface area contributed by atoms with Gasteiger partial charge in [0.25, 0.3) is 0 Å². The summed E-state index contributed by atoms with van der Waals surface area (Å²) in [5, 5.41) is 17.2. The quantitative estimate of drug-likeness (QED) is 0.276. The zero-order valence-electron chi connectivity index (χ0n) is 7.99. The van der Waals surface area contributed by atoms with Gasteiger partial charge in [0.05, 0.1) is 0 Å². The Bertz CT molecular complexity index is 243. The Morgan fingerprint density at radius 1 is 1.25 bits per heavy atom. The first kappa shape index (κ1) is 16.3. The average molecular weight is 303 g/mol. The van der Waals surface area contributed by atoms with Crippen LogP contribution in [-0.4, -0.2) is 45.7 Å². The first-order valence-corrected chi connectivity index (χ1v) is 8.22. The Balaban J connectivity index is 3.70. The topological polar surface area (TPSA) is 113 Å². The second-order valence-electron chi connectivity index (χ2n) is 2.61. The van der Waals surface area contributed by atoms with Gasteiger partial charge in [0.2, 0.25) is 0 Å². The number of nitrogens with two attached hydrogens (primary N) is 1. The summed E-state index contributed by atoms with van der Waals surface area (Å²) in [5.41, 5.74) is 5.27. The lowest BCUT2D eigenvalue weighted by atomic mass is 10.4. The van der Waals surface area contributed by atoms with E-state index in [1.807, 2.05) is 0 Å². The third-order valence-electron chi connectivity index (χ3n) is 1.37. The van der Waals surface area contributed by atoms with Crippen molar-refractivity contribution < 1.29 is 19.8 Å². The minimum atomic E-state index is -1.07. The molecule has 0 fully saturated rings. The number of hydrogen-bond acceptors (Lipinski definition) is 7. The first-order chi connectivity index (χ1) is 7.49. The monoisotopic (exact) mass is 303 g/mol. The number of aliphatic carboxylic acids is 2. The molecule has 0 amide bonds. The molecule has 0 saturated carbocycles. The molecule has 0 bridgehead atoms. The third kappa shape index (κ3) is 7.52. The van der Waals surface area contributed by atoms with Gasteiger partial charge < -0.3 is 15.9 Å². The smallest absolute Gasteiger partial charge is 0.322 e. The molecule has 6 nitrogen and oxygen atoms in total. The lowest BCUT2D eigenvalue weighted by Crippen LogP contribution is -2.34. The van der Waals surface area contributed by atoms with Crippen LogP contribution in [0, 0.1) is 0 Å². The number of hydrogen-bond donors (Lipinski definition) is 4. The van der Waals surface area contributed by atoms with Crippen LogP contribution in [0.4, 0.5) is 0 Å². The van der Waals surface area contributed by atoms with Crippen LogP contribution < -0.4 is 10.5 Å². The van der Waals surface area contributed by atoms with Gasteiger partial charge in [0.15, 0.2) is 0 Å². The average Bonchev–Trinajstić information content (AvgIpc) is 2.21. The Hall–Kier alpha value is 0.260. The summed E-state index contributed by atoms with van der Waals surface area (Å²) >= 11 is 4.53. The highest BCUT2D eigenvalue weighted by atomic mass is 33.1. The van der Waals surface area contributed by atoms with Crippen LogP contribution in [0.25, 0.3) is 0 Å². The Morgan fingerprint density at radius 2 is 1.81 bits per heavy atom. The number of nitrogens with one attached hydrogen (secondary N) is 1. The van der Waals surface area contributed by atoms with Crippen molar-refractivity contribution in [2.45, 2.75) is 12.1 Å². The molecule has 1 radical (unpaired) electrons. The predicted molar refractivity (Wildman–Crippen MR) is 70.3 cm³/mol. The van der Waals surface area contributed by atoms with E-state index < -0.39 is 24.0 Å². The normalized spacial score (nSPS) is 14.4. The SMILES string of the molecule is NC(CSSC[C@H](NS[S])C(=O)O)C(=O)O. The molecule has 1 unspecified atom stereocenters. The van der Waals surface area contributed by atoms with Gasteiger partial charge in [0, 0.05) is 34.1 Å². The molecule has 16 heavy (non-hydrogen) atoms. The van der Waals surface area contributed by atoms with Gasteiger partial charge in [-0.15, -0.1) is 0 Å². The summed E-state index contributed by atoms with van der Waals surface area (Å²) in [6.07, 6.45) is 0. The van der Waals surface area contributed by atoms with Crippen molar-refractivity contribution in [2.75, 3.05) is 11.5 Å². The van der Waals surface area contributed by atoms with Gasteiger partial charge in [-0.05, 0) is 0 Å². The first-order valence-electron chi connectivity index (χ1n) is 3.99. The van der Waals surface area contributed by atoms with E-state index in [9.17, 15) is 9.59 Å². The molecule has 10 heteroatoms. The summed E-state index contributed by atoms with van der Waals surface area (Å²) in [7, 11) is 3.29. The van der Waals surface area contributed by atoms with Crippen LogP contribution in [-0.2, 0) is 9.59 Å². The Kier molecular flexibility index (Phi) is 9.46. The molecule has 0 spiro atoms. The summed E-state index contributed by atoms with van der Waals surface area (Å²) < 4.78 is 2.54. The highest BCUT2D eigenvalue weighted by Gasteiger charge is 2.17. The van der Waals surface area contributed by atoms with Crippen LogP contribution in [0.15, 0.2) is 0 Å². The van der Waals surface area contributed by atoms with E-state index in [1.165, 1.54) is 21.6 Å². The maximum atomic E-state index is 10.7. The molecule has 0 saturated heterocycles. The molecule has 2 atom stereocenters. The second-order valence-corrected chi connectivity index (χ2v) is 6.06. The Morgan fingerprint density at radius 3 is 2.25 bits per heavy atom. The number of carbonyl (C=O) groups is 2. The van der Waals surface area contributed by atoms with Gasteiger partial charge in [-0.1, -0.05) is 21.6 Å². The van der Waals surface area contributed by atoms with Gasteiger partial charge in [0.1, 0.15) is 12.1 Å². The van der Waals surface area contributed by atoms with E-state index in [4.69, 9.17) is 15.9 Å². The van der Waals surface area contributed by atoms with Crippen molar-refractivity contribution in [2.24, 2.45) is 5.73 Å². The predicted octanol–water partition coefficient (Wildman–Crippen LogP) is 0.583. The van der Waals surface area contributed by atoms with Crippen molar-refractivity contribution in [1.29, 1.82) is 0 Å². The number of rotatable bonds is 9. The molecule has 0 aromatic rings. The van der Waals surface area contributed by atoms with Crippen molar-refractivity contribution in [3.63, 3.8) is 0 Å². The van der Waals surface area contributed by atoms with E-state index in [0.717, 1.165) is 11.0 Å². The summed E-state index contributed by atoms with van der Waals surface area (Å²) in [5.74, 6) is -1.54. The molecule has 0 aromatic carbocycles. The van der Waals surface area contributed by atoms with Gasteiger partial charge in [-0.3, -0.25) is 9.59 Å². The standard InChI is InChI=1S/C6H11N2O4S4/c7-3(5(9)10)1-14-15-2-4(6(11)12)8-16-13/h3-4,8H,1-2,7H2,(H,9,10)(H,11,12)/t3?,4-/m0/s1. The zero-order valence-corrected chi connectivity index (χ0v) is 11.3. The second kappa shape index (κ2) is 9.31. The van der Waals surface area contributed by atoms with Crippen LogP contribution >= 0.6 is 44.2 Å². The van der Waals surface area contributed by atoms with Crippen LogP contribution in [0.2, 0.25) is 0 Å². The van der Waals surface area contributed by atoms with Crippen LogP contribution in [0.1, 0.15) is 0 Å². The molecular formula is C6H11N2O4S4. The van der Waals surface area contributed by atoms with Crippen molar-refractivity contribution >= 4 is 56.2 Å². The van der Waals surface area contributed by atoms with E-state index >= 15 is 0 Å². The number of carboxylic acid groups (broad SMARTS) is 2. The molecular weight excluding hydrogens is 292 g/mol. The van der Waals surface area contributed by atoms with Crippen molar-refractivity contribution in [1.82, 2.24) is 4.72 Å².